The minimum Gasteiger partial charge on any atom is -0.397 e. The number of benzene rings is 1. The Bertz CT molecular complexity index is 397. The third-order valence-electron chi connectivity index (χ3n) is 3.48. The zero-order valence-corrected chi connectivity index (χ0v) is 10.1. The molecule has 1 aromatic rings. The summed E-state index contributed by atoms with van der Waals surface area (Å²) in [5.41, 5.74) is 7.07. The third-order valence-corrected chi connectivity index (χ3v) is 3.77. The average Bonchev–Trinajstić information content (AvgIpc) is 2.19. The SMILES string of the molecule is CCC1(Nc2cc(Cl)c(F)cc2N)CCC1. The molecule has 1 aromatic carbocycles. The number of hydrogen-bond acceptors (Lipinski definition) is 2. The molecule has 0 radical (unpaired) electrons. The van der Waals surface area contributed by atoms with E-state index in [9.17, 15) is 4.39 Å². The van der Waals surface area contributed by atoms with E-state index in [2.05, 4.69) is 12.2 Å². The van der Waals surface area contributed by atoms with Gasteiger partial charge in [0.05, 0.1) is 16.4 Å². The number of halogens is 2. The second-order valence-corrected chi connectivity index (χ2v) is 4.87. The van der Waals surface area contributed by atoms with Crippen molar-refractivity contribution in [3.63, 3.8) is 0 Å². The Labute approximate surface area is 100.0 Å². The molecule has 0 spiro atoms. The second-order valence-electron chi connectivity index (χ2n) is 4.47. The van der Waals surface area contributed by atoms with Gasteiger partial charge in [0.1, 0.15) is 5.82 Å². The van der Waals surface area contributed by atoms with Gasteiger partial charge in [-0.05, 0) is 31.7 Å². The fourth-order valence-corrected chi connectivity index (χ4v) is 2.29. The highest BCUT2D eigenvalue weighted by atomic mass is 35.5. The quantitative estimate of drug-likeness (QED) is 0.791. The number of nitrogen functional groups attached to an aromatic ring is 1. The predicted octanol–water partition coefficient (Wildman–Crippen LogP) is 3.81. The van der Waals surface area contributed by atoms with E-state index in [-0.39, 0.29) is 10.6 Å². The molecule has 1 aliphatic carbocycles. The van der Waals surface area contributed by atoms with Crippen LogP contribution in [-0.2, 0) is 0 Å². The Balaban J connectivity index is 2.24. The summed E-state index contributed by atoms with van der Waals surface area (Å²) in [5.74, 6) is -0.469. The van der Waals surface area contributed by atoms with Crippen molar-refractivity contribution < 1.29 is 4.39 Å². The lowest BCUT2D eigenvalue weighted by molar-refractivity contribution is 0.269. The van der Waals surface area contributed by atoms with Crippen molar-refractivity contribution in [2.45, 2.75) is 38.1 Å². The van der Waals surface area contributed by atoms with Gasteiger partial charge in [-0.1, -0.05) is 18.5 Å². The molecule has 0 heterocycles. The molecule has 2 nitrogen and oxygen atoms in total. The molecule has 16 heavy (non-hydrogen) atoms. The Morgan fingerprint density at radius 1 is 1.50 bits per heavy atom. The molecule has 1 saturated carbocycles. The van der Waals surface area contributed by atoms with E-state index in [1.807, 2.05) is 0 Å². The van der Waals surface area contributed by atoms with Crippen molar-refractivity contribution in [2.75, 3.05) is 11.1 Å². The normalized spacial score (nSPS) is 17.9. The number of hydrogen-bond donors (Lipinski definition) is 2. The summed E-state index contributed by atoms with van der Waals surface area (Å²) in [6.07, 6.45) is 4.55. The van der Waals surface area contributed by atoms with Crippen molar-refractivity contribution in [3.05, 3.63) is 23.0 Å². The van der Waals surface area contributed by atoms with Gasteiger partial charge in [0.25, 0.3) is 0 Å². The molecule has 4 heteroatoms. The lowest BCUT2D eigenvalue weighted by atomic mass is 9.74. The van der Waals surface area contributed by atoms with Crippen LogP contribution in [0.25, 0.3) is 0 Å². The third kappa shape index (κ3) is 1.96. The van der Waals surface area contributed by atoms with Crippen molar-refractivity contribution in [2.24, 2.45) is 0 Å². The molecular weight excluding hydrogens is 227 g/mol. The molecule has 1 aliphatic rings. The van der Waals surface area contributed by atoms with Crippen molar-refractivity contribution in [3.8, 4) is 0 Å². The molecule has 0 aliphatic heterocycles. The van der Waals surface area contributed by atoms with E-state index in [1.54, 1.807) is 6.07 Å². The molecule has 0 saturated heterocycles. The molecule has 0 bridgehead atoms. The van der Waals surface area contributed by atoms with Crippen LogP contribution in [0.3, 0.4) is 0 Å². The Morgan fingerprint density at radius 2 is 2.19 bits per heavy atom. The average molecular weight is 243 g/mol. The minimum absolute atomic E-state index is 0.113. The molecule has 1 fully saturated rings. The van der Waals surface area contributed by atoms with Crippen LogP contribution in [0.1, 0.15) is 32.6 Å². The van der Waals surface area contributed by atoms with E-state index in [4.69, 9.17) is 17.3 Å². The minimum atomic E-state index is -0.469. The van der Waals surface area contributed by atoms with E-state index in [0.29, 0.717) is 5.69 Å². The summed E-state index contributed by atoms with van der Waals surface area (Å²) < 4.78 is 13.1. The molecule has 88 valence electrons. The molecule has 0 amide bonds. The van der Waals surface area contributed by atoms with Gasteiger partial charge in [0.2, 0.25) is 0 Å². The molecule has 0 atom stereocenters. The molecular formula is C12H16ClFN2. The molecule has 3 N–H and O–H groups in total. The van der Waals surface area contributed by atoms with Crippen LogP contribution in [-0.4, -0.2) is 5.54 Å². The highest BCUT2D eigenvalue weighted by Gasteiger charge is 2.35. The maximum absolute atomic E-state index is 13.1. The zero-order chi connectivity index (χ0) is 11.8. The largest absolute Gasteiger partial charge is 0.397 e. The summed E-state index contributed by atoms with van der Waals surface area (Å²) in [4.78, 5) is 0. The van der Waals surface area contributed by atoms with Crippen LogP contribution in [0.4, 0.5) is 15.8 Å². The topological polar surface area (TPSA) is 38.0 Å². The second kappa shape index (κ2) is 4.13. The number of nitrogens with two attached hydrogens (primary N) is 1. The first-order chi connectivity index (χ1) is 7.56. The lowest BCUT2D eigenvalue weighted by Crippen LogP contribution is -2.44. The Kier molecular flexibility index (Phi) is 2.98. The first kappa shape index (κ1) is 11.5. The maximum atomic E-state index is 13.1. The summed E-state index contributed by atoms with van der Waals surface area (Å²) >= 11 is 5.75. The van der Waals surface area contributed by atoms with Gasteiger partial charge in [-0.25, -0.2) is 4.39 Å². The highest BCUT2D eigenvalue weighted by molar-refractivity contribution is 6.31. The van der Waals surface area contributed by atoms with E-state index in [0.717, 1.165) is 24.9 Å². The van der Waals surface area contributed by atoms with E-state index >= 15 is 0 Å². The van der Waals surface area contributed by atoms with Crippen LogP contribution in [0.5, 0.6) is 0 Å². The highest BCUT2D eigenvalue weighted by Crippen LogP contribution is 2.40. The van der Waals surface area contributed by atoms with E-state index in [1.165, 1.54) is 12.5 Å². The standard InChI is InChI=1S/C12H16ClFN2/c1-2-12(4-3-5-12)16-11-6-8(13)9(14)7-10(11)15/h6-7,16H,2-5,15H2,1H3. The number of anilines is 2. The maximum Gasteiger partial charge on any atom is 0.143 e. The summed E-state index contributed by atoms with van der Waals surface area (Å²) in [7, 11) is 0. The van der Waals surface area contributed by atoms with Gasteiger partial charge in [-0.2, -0.15) is 0 Å². The van der Waals surface area contributed by atoms with Gasteiger partial charge in [0, 0.05) is 11.6 Å². The van der Waals surface area contributed by atoms with Gasteiger partial charge < -0.3 is 11.1 Å². The number of rotatable bonds is 3. The summed E-state index contributed by atoms with van der Waals surface area (Å²) in [6, 6.07) is 2.84. The molecule has 0 unspecified atom stereocenters. The fourth-order valence-electron chi connectivity index (χ4n) is 2.13. The van der Waals surface area contributed by atoms with Crippen LogP contribution in [0, 0.1) is 5.82 Å². The smallest absolute Gasteiger partial charge is 0.143 e. The van der Waals surface area contributed by atoms with Gasteiger partial charge in [0.15, 0.2) is 0 Å². The molecule has 0 aromatic heterocycles. The number of nitrogens with one attached hydrogen (secondary N) is 1. The van der Waals surface area contributed by atoms with Gasteiger partial charge in [-0.15, -0.1) is 0 Å². The first-order valence-corrected chi connectivity index (χ1v) is 5.97. The van der Waals surface area contributed by atoms with Crippen molar-refractivity contribution in [1.29, 1.82) is 0 Å². The Hall–Kier alpha value is -0.960. The predicted molar refractivity (Wildman–Crippen MR) is 66.3 cm³/mol. The first-order valence-electron chi connectivity index (χ1n) is 5.59. The van der Waals surface area contributed by atoms with Gasteiger partial charge in [-0.3, -0.25) is 0 Å². The summed E-state index contributed by atoms with van der Waals surface area (Å²) in [6.45, 7) is 2.15. The van der Waals surface area contributed by atoms with Crippen LogP contribution in [0.2, 0.25) is 5.02 Å². The molecule has 2 rings (SSSR count). The van der Waals surface area contributed by atoms with E-state index < -0.39 is 5.82 Å². The zero-order valence-electron chi connectivity index (χ0n) is 9.32. The van der Waals surface area contributed by atoms with Crippen molar-refractivity contribution in [1.82, 2.24) is 0 Å². The van der Waals surface area contributed by atoms with Crippen molar-refractivity contribution >= 4 is 23.0 Å². The van der Waals surface area contributed by atoms with Crippen LogP contribution >= 0.6 is 11.6 Å². The van der Waals surface area contributed by atoms with Gasteiger partial charge >= 0.3 is 0 Å². The fraction of sp³-hybridized carbons (Fsp3) is 0.500. The monoisotopic (exact) mass is 242 g/mol. The summed E-state index contributed by atoms with van der Waals surface area (Å²) in [5, 5.41) is 3.51. The van der Waals surface area contributed by atoms with Crippen LogP contribution in [0.15, 0.2) is 12.1 Å². The Morgan fingerprint density at radius 3 is 2.69 bits per heavy atom. The lowest BCUT2D eigenvalue weighted by Gasteiger charge is -2.43. The van der Waals surface area contributed by atoms with Crippen LogP contribution < -0.4 is 11.1 Å².